The van der Waals surface area contributed by atoms with Gasteiger partial charge in [-0.3, -0.25) is 4.79 Å². The lowest BCUT2D eigenvalue weighted by Crippen LogP contribution is -2.18. The van der Waals surface area contributed by atoms with Crippen LogP contribution in [0, 0.1) is 6.92 Å². The monoisotopic (exact) mass is 350 g/mol. The number of hydrogen-bond donors (Lipinski definition) is 1. The highest BCUT2D eigenvalue weighted by atomic mass is 32.2. The number of unbranched alkanes of at least 4 members (excludes halogenated alkanes) is 7. The first-order valence-corrected chi connectivity index (χ1v) is 10.6. The van der Waals surface area contributed by atoms with Crippen molar-refractivity contribution < 1.29 is 9.90 Å². The van der Waals surface area contributed by atoms with Crippen molar-refractivity contribution in [3.8, 4) is 5.75 Å². The fourth-order valence-corrected chi connectivity index (χ4v) is 3.99. The van der Waals surface area contributed by atoms with Crippen molar-refractivity contribution in [1.29, 1.82) is 0 Å². The van der Waals surface area contributed by atoms with E-state index < -0.39 is 0 Å². The number of carbonyl (C=O) groups excluding carboxylic acids is 1. The Balaban J connectivity index is 2.43. The predicted molar refractivity (Wildman–Crippen MR) is 106 cm³/mol. The molecule has 0 aliphatic rings. The van der Waals surface area contributed by atoms with Crippen molar-refractivity contribution in [2.24, 2.45) is 0 Å². The first-order chi connectivity index (χ1) is 11.6. The van der Waals surface area contributed by atoms with Crippen LogP contribution < -0.4 is 0 Å². The van der Waals surface area contributed by atoms with Gasteiger partial charge in [0.2, 0.25) is 0 Å². The van der Waals surface area contributed by atoms with E-state index in [1.165, 1.54) is 44.9 Å². The summed E-state index contributed by atoms with van der Waals surface area (Å²) >= 11 is 1.71. The van der Waals surface area contributed by atoms with Crippen molar-refractivity contribution in [1.82, 2.24) is 0 Å². The van der Waals surface area contributed by atoms with E-state index in [-0.39, 0.29) is 16.8 Å². The number of Topliss-reactive ketones (excluding diaryl/α,β-unsaturated/α-hetero) is 1. The Labute approximate surface area is 152 Å². The average molecular weight is 351 g/mol. The minimum absolute atomic E-state index is 0.0252. The van der Waals surface area contributed by atoms with Gasteiger partial charge in [0.1, 0.15) is 5.75 Å². The zero-order valence-electron chi connectivity index (χ0n) is 15.6. The third kappa shape index (κ3) is 7.74. The van der Waals surface area contributed by atoms with E-state index in [0.717, 1.165) is 24.2 Å². The minimum Gasteiger partial charge on any atom is -0.507 e. The number of carbonyl (C=O) groups is 1. The number of thioether (sulfide) groups is 1. The molecule has 3 heteroatoms. The smallest absolute Gasteiger partial charge is 0.179 e. The number of ketones is 1. The normalized spacial score (nSPS) is 12.3. The van der Waals surface area contributed by atoms with E-state index in [2.05, 4.69) is 13.8 Å². The predicted octanol–water partition coefficient (Wildman–Crippen LogP) is 6.54. The van der Waals surface area contributed by atoms with Crippen molar-refractivity contribution >= 4 is 17.5 Å². The fourth-order valence-electron chi connectivity index (χ4n) is 2.98. The summed E-state index contributed by atoms with van der Waals surface area (Å²) < 4.78 is 0. The van der Waals surface area contributed by atoms with Gasteiger partial charge in [-0.25, -0.2) is 0 Å². The Morgan fingerprint density at radius 2 is 1.67 bits per heavy atom. The largest absolute Gasteiger partial charge is 0.507 e. The van der Waals surface area contributed by atoms with Crippen LogP contribution in [0.5, 0.6) is 5.75 Å². The summed E-state index contributed by atoms with van der Waals surface area (Å²) in [5, 5.41) is 9.98. The van der Waals surface area contributed by atoms with Gasteiger partial charge in [0, 0.05) is 0 Å². The van der Waals surface area contributed by atoms with Crippen molar-refractivity contribution in [2.75, 3.05) is 5.75 Å². The lowest BCUT2D eigenvalue weighted by molar-refractivity contribution is 0.0983. The highest BCUT2D eigenvalue weighted by Crippen LogP contribution is 2.27. The Kier molecular flexibility index (Phi) is 10.9. The third-order valence-electron chi connectivity index (χ3n) is 4.40. The molecule has 0 spiro atoms. The molecule has 0 saturated heterocycles. The summed E-state index contributed by atoms with van der Waals surface area (Å²) in [5.41, 5.74) is 1.50. The van der Waals surface area contributed by atoms with Crippen molar-refractivity contribution in [3.63, 3.8) is 0 Å². The first-order valence-electron chi connectivity index (χ1n) is 9.55. The van der Waals surface area contributed by atoms with Gasteiger partial charge in [-0.05, 0) is 31.2 Å². The van der Waals surface area contributed by atoms with E-state index in [4.69, 9.17) is 0 Å². The Hall–Kier alpha value is -0.960. The molecule has 0 radical (unpaired) electrons. The van der Waals surface area contributed by atoms with Crippen LogP contribution in [-0.2, 0) is 0 Å². The second-order valence-corrected chi connectivity index (χ2v) is 8.07. The van der Waals surface area contributed by atoms with E-state index >= 15 is 0 Å². The van der Waals surface area contributed by atoms with Crippen LogP contribution in [0.2, 0.25) is 0 Å². The zero-order chi connectivity index (χ0) is 17.8. The third-order valence-corrected chi connectivity index (χ3v) is 5.58. The fraction of sp³-hybridized carbons (Fsp3) is 0.667. The van der Waals surface area contributed by atoms with Gasteiger partial charge >= 0.3 is 0 Å². The summed E-state index contributed by atoms with van der Waals surface area (Å²) in [6.45, 7) is 6.29. The molecule has 136 valence electrons. The van der Waals surface area contributed by atoms with Crippen LogP contribution in [0.1, 0.15) is 87.6 Å². The van der Waals surface area contributed by atoms with Gasteiger partial charge in [0.15, 0.2) is 5.78 Å². The molecule has 0 amide bonds. The number of aromatic hydroxyl groups is 1. The van der Waals surface area contributed by atoms with Gasteiger partial charge in [-0.1, -0.05) is 76.8 Å². The average Bonchev–Trinajstić information content (AvgIpc) is 2.57. The van der Waals surface area contributed by atoms with Gasteiger partial charge < -0.3 is 5.11 Å². The molecule has 0 heterocycles. The number of aryl methyl sites for hydroxylation is 1. The van der Waals surface area contributed by atoms with Crippen molar-refractivity contribution in [2.45, 2.75) is 83.8 Å². The maximum Gasteiger partial charge on any atom is 0.179 e. The van der Waals surface area contributed by atoms with Crippen LogP contribution in [-0.4, -0.2) is 21.9 Å². The quantitative estimate of drug-likeness (QED) is 0.324. The molecular formula is C21H34O2S. The number of phenols is 1. The Morgan fingerprint density at radius 3 is 2.29 bits per heavy atom. The summed E-state index contributed by atoms with van der Waals surface area (Å²) in [5.74, 6) is 1.13. The molecule has 0 aliphatic heterocycles. The van der Waals surface area contributed by atoms with Crippen LogP contribution in [0.4, 0.5) is 0 Å². The van der Waals surface area contributed by atoms with Crippen LogP contribution >= 0.6 is 11.8 Å². The zero-order valence-corrected chi connectivity index (χ0v) is 16.5. The SMILES string of the molecule is CCCCCCCCCCC(SCC)C(=O)c1cc(C)ccc1O. The van der Waals surface area contributed by atoms with Crippen molar-refractivity contribution in [3.05, 3.63) is 29.3 Å². The van der Waals surface area contributed by atoms with E-state index in [9.17, 15) is 9.90 Å². The molecular weight excluding hydrogens is 316 g/mol. The number of benzene rings is 1. The second kappa shape index (κ2) is 12.4. The minimum atomic E-state index is -0.0252. The molecule has 1 rings (SSSR count). The Morgan fingerprint density at radius 1 is 1.04 bits per heavy atom. The summed E-state index contributed by atoms with van der Waals surface area (Å²) in [7, 11) is 0. The molecule has 1 atom stereocenters. The molecule has 1 unspecified atom stereocenters. The highest BCUT2D eigenvalue weighted by molar-refractivity contribution is 8.00. The molecule has 1 aromatic carbocycles. The van der Waals surface area contributed by atoms with Crippen LogP contribution in [0.25, 0.3) is 0 Å². The van der Waals surface area contributed by atoms with Gasteiger partial charge in [0.05, 0.1) is 10.8 Å². The van der Waals surface area contributed by atoms with E-state index in [0.29, 0.717) is 5.56 Å². The number of rotatable bonds is 13. The summed E-state index contributed by atoms with van der Waals surface area (Å²) in [6.07, 6.45) is 11.2. The number of phenolic OH excluding ortho intramolecular Hbond substituents is 1. The van der Waals surface area contributed by atoms with E-state index in [1.54, 1.807) is 17.8 Å². The standard InChI is InChI=1S/C21H34O2S/c1-4-6-7-8-9-10-11-12-13-20(24-5-2)21(23)18-16-17(3)14-15-19(18)22/h14-16,20,22H,4-13H2,1-3H3. The molecule has 0 saturated carbocycles. The molecule has 0 aromatic heterocycles. The summed E-state index contributed by atoms with van der Waals surface area (Å²) in [4.78, 5) is 12.8. The molecule has 0 fully saturated rings. The molecule has 0 bridgehead atoms. The van der Waals surface area contributed by atoms with Gasteiger partial charge in [0.25, 0.3) is 0 Å². The van der Waals surface area contributed by atoms with E-state index in [1.807, 2.05) is 19.1 Å². The molecule has 0 aliphatic carbocycles. The maximum absolute atomic E-state index is 12.8. The summed E-state index contributed by atoms with van der Waals surface area (Å²) in [6, 6.07) is 5.29. The topological polar surface area (TPSA) is 37.3 Å². The molecule has 1 aromatic rings. The molecule has 2 nitrogen and oxygen atoms in total. The lowest BCUT2D eigenvalue weighted by atomic mass is 10.0. The van der Waals surface area contributed by atoms with Gasteiger partial charge in [-0.2, -0.15) is 11.8 Å². The second-order valence-electron chi connectivity index (χ2n) is 6.59. The number of hydrogen-bond acceptors (Lipinski definition) is 3. The van der Waals surface area contributed by atoms with Gasteiger partial charge in [-0.15, -0.1) is 0 Å². The maximum atomic E-state index is 12.8. The lowest BCUT2D eigenvalue weighted by Gasteiger charge is -2.16. The van der Waals surface area contributed by atoms with Crippen LogP contribution in [0.3, 0.4) is 0 Å². The highest BCUT2D eigenvalue weighted by Gasteiger charge is 2.22. The molecule has 1 N–H and O–H groups in total. The first kappa shape index (κ1) is 21.1. The molecule has 24 heavy (non-hydrogen) atoms. The Bertz CT molecular complexity index is 485. The van der Waals surface area contributed by atoms with Crippen LogP contribution in [0.15, 0.2) is 18.2 Å².